The third-order valence-electron chi connectivity index (χ3n) is 4.36. The summed E-state index contributed by atoms with van der Waals surface area (Å²) in [4.78, 5) is 23.4. The van der Waals surface area contributed by atoms with Gasteiger partial charge in [-0.05, 0) is 54.2 Å². The van der Waals surface area contributed by atoms with E-state index >= 15 is 0 Å². The van der Waals surface area contributed by atoms with Crippen LogP contribution in [0.5, 0.6) is 5.75 Å². The number of carbonyl (C=O) groups excluding carboxylic acids is 2. The minimum absolute atomic E-state index is 0.106. The van der Waals surface area contributed by atoms with Gasteiger partial charge < -0.3 is 9.47 Å². The summed E-state index contributed by atoms with van der Waals surface area (Å²) >= 11 is 0. The SMILES string of the molecule is COC(=O)CCCCC(=O)c1ccc2cc(OCCC(C)C)ccc2c1. The van der Waals surface area contributed by atoms with Crippen LogP contribution in [0.3, 0.4) is 0 Å². The van der Waals surface area contributed by atoms with Gasteiger partial charge in [0, 0.05) is 18.4 Å². The average Bonchev–Trinajstić information content (AvgIpc) is 2.64. The topological polar surface area (TPSA) is 52.6 Å². The molecule has 0 aliphatic carbocycles. The molecule has 0 spiro atoms. The fourth-order valence-electron chi connectivity index (χ4n) is 2.70. The molecule has 0 saturated carbocycles. The number of hydrogen-bond donors (Lipinski definition) is 0. The van der Waals surface area contributed by atoms with E-state index in [9.17, 15) is 9.59 Å². The second-order valence-electron chi connectivity index (χ2n) is 6.96. The van der Waals surface area contributed by atoms with Crippen LogP contribution in [0.15, 0.2) is 36.4 Å². The Morgan fingerprint density at radius 1 is 0.962 bits per heavy atom. The van der Waals surface area contributed by atoms with Gasteiger partial charge in [-0.3, -0.25) is 9.59 Å². The fourth-order valence-corrected chi connectivity index (χ4v) is 2.70. The first-order valence-electron chi connectivity index (χ1n) is 9.26. The molecule has 140 valence electrons. The zero-order valence-corrected chi connectivity index (χ0v) is 15.9. The molecule has 0 aliphatic heterocycles. The molecule has 0 fully saturated rings. The van der Waals surface area contributed by atoms with Gasteiger partial charge >= 0.3 is 5.97 Å². The summed E-state index contributed by atoms with van der Waals surface area (Å²) in [6, 6.07) is 11.7. The minimum atomic E-state index is -0.227. The summed E-state index contributed by atoms with van der Waals surface area (Å²) in [7, 11) is 1.38. The number of ether oxygens (including phenoxy) is 2. The van der Waals surface area contributed by atoms with Crippen LogP contribution in [0.25, 0.3) is 10.8 Å². The Balaban J connectivity index is 1.93. The maximum absolute atomic E-state index is 12.3. The summed E-state index contributed by atoms with van der Waals surface area (Å²) in [6.07, 6.45) is 3.19. The highest BCUT2D eigenvalue weighted by Gasteiger charge is 2.08. The summed E-state index contributed by atoms with van der Waals surface area (Å²) in [6.45, 7) is 5.07. The quantitative estimate of drug-likeness (QED) is 0.334. The number of rotatable bonds is 10. The van der Waals surface area contributed by atoms with Crippen LogP contribution in [0.4, 0.5) is 0 Å². The van der Waals surface area contributed by atoms with Gasteiger partial charge in [0.1, 0.15) is 5.75 Å². The molecule has 4 nitrogen and oxygen atoms in total. The second kappa shape index (κ2) is 9.95. The van der Waals surface area contributed by atoms with Gasteiger partial charge in [0.2, 0.25) is 0 Å². The zero-order valence-electron chi connectivity index (χ0n) is 15.9. The van der Waals surface area contributed by atoms with Gasteiger partial charge in [0.05, 0.1) is 13.7 Å². The van der Waals surface area contributed by atoms with E-state index in [1.807, 2.05) is 36.4 Å². The molecule has 0 N–H and O–H groups in total. The third kappa shape index (κ3) is 6.17. The number of unbranched alkanes of at least 4 members (excludes halogenated alkanes) is 1. The molecule has 0 amide bonds. The van der Waals surface area contributed by atoms with Crippen molar-refractivity contribution >= 4 is 22.5 Å². The number of methoxy groups -OCH3 is 1. The summed E-state index contributed by atoms with van der Waals surface area (Å²) in [5.74, 6) is 1.36. The van der Waals surface area contributed by atoms with Crippen LogP contribution in [-0.2, 0) is 9.53 Å². The molecule has 0 radical (unpaired) electrons. The molecule has 0 aliphatic rings. The van der Waals surface area contributed by atoms with Crippen molar-refractivity contribution in [2.45, 2.75) is 46.0 Å². The van der Waals surface area contributed by atoms with E-state index in [0.29, 0.717) is 43.8 Å². The first kappa shape index (κ1) is 20.0. The number of hydrogen-bond acceptors (Lipinski definition) is 4. The highest BCUT2D eigenvalue weighted by molar-refractivity contribution is 6.00. The predicted molar refractivity (Wildman–Crippen MR) is 104 cm³/mol. The number of esters is 1. The minimum Gasteiger partial charge on any atom is -0.494 e. The number of ketones is 1. The molecule has 0 aromatic heterocycles. The Morgan fingerprint density at radius 3 is 2.38 bits per heavy atom. The highest BCUT2D eigenvalue weighted by atomic mass is 16.5. The standard InChI is InChI=1S/C22H28O4/c1-16(2)12-13-26-20-11-10-17-14-19(9-8-18(17)15-20)21(23)6-4-5-7-22(24)25-3/h8-11,14-16H,4-7,12-13H2,1-3H3. The maximum atomic E-state index is 12.3. The van der Waals surface area contributed by atoms with Crippen molar-refractivity contribution < 1.29 is 19.1 Å². The molecule has 0 unspecified atom stereocenters. The molecule has 4 heteroatoms. The Kier molecular flexibility index (Phi) is 7.64. The fraction of sp³-hybridized carbons (Fsp3) is 0.455. The van der Waals surface area contributed by atoms with Crippen molar-refractivity contribution in [2.24, 2.45) is 5.92 Å². The second-order valence-corrected chi connectivity index (χ2v) is 6.96. The molecule has 2 aromatic rings. The predicted octanol–water partition coefficient (Wildman–Crippen LogP) is 5.18. The lowest BCUT2D eigenvalue weighted by Crippen LogP contribution is -2.02. The Bertz CT molecular complexity index is 749. The van der Waals surface area contributed by atoms with Crippen LogP contribution in [0.2, 0.25) is 0 Å². The Morgan fingerprint density at radius 2 is 1.65 bits per heavy atom. The molecule has 2 rings (SSSR count). The Hall–Kier alpha value is -2.36. The maximum Gasteiger partial charge on any atom is 0.305 e. The molecular weight excluding hydrogens is 328 g/mol. The van der Waals surface area contributed by atoms with Crippen LogP contribution in [-0.4, -0.2) is 25.5 Å². The Labute approximate surface area is 155 Å². The number of carbonyl (C=O) groups is 2. The molecule has 0 atom stereocenters. The van der Waals surface area contributed by atoms with E-state index in [-0.39, 0.29) is 11.8 Å². The van der Waals surface area contributed by atoms with Crippen molar-refractivity contribution in [3.8, 4) is 5.75 Å². The number of Topliss-reactive ketones (excluding diaryl/α,β-unsaturated/α-hetero) is 1. The smallest absolute Gasteiger partial charge is 0.305 e. The van der Waals surface area contributed by atoms with E-state index in [4.69, 9.17) is 4.74 Å². The van der Waals surface area contributed by atoms with Gasteiger partial charge in [-0.1, -0.05) is 32.0 Å². The molecule has 2 aromatic carbocycles. The molecule has 0 saturated heterocycles. The van der Waals surface area contributed by atoms with Crippen LogP contribution < -0.4 is 4.74 Å². The van der Waals surface area contributed by atoms with E-state index < -0.39 is 0 Å². The van der Waals surface area contributed by atoms with E-state index in [0.717, 1.165) is 22.9 Å². The molecule has 0 heterocycles. The zero-order chi connectivity index (χ0) is 18.9. The van der Waals surface area contributed by atoms with E-state index in [1.54, 1.807) is 0 Å². The van der Waals surface area contributed by atoms with Gasteiger partial charge in [0.15, 0.2) is 5.78 Å². The van der Waals surface area contributed by atoms with E-state index in [1.165, 1.54) is 7.11 Å². The molecular formula is C22H28O4. The average molecular weight is 356 g/mol. The summed E-state index contributed by atoms with van der Waals surface area (Å²) < 4.78 is 10.4. The van der Waals surface area contributed by atoms with Crippen molar-refractivity contribution in [1.29, 1.82) is 0 Å². The first-order valence-corrected chi connectivity index (χ1v) is 9.26. The molecule has 0 bridgehead atoms. The lowest BCUT2D eigenvalue weighted by molar-refractivity contribution is -0.140. The first-order chi connectivity index (χ1) is 12.5. The lowest BCUT2D eigenvalue weighted by Gasteiger charge is -2.09. The third-order valence-corrected chi connectivity index (χ3v) is 4.36. The lowest BCUT2D eigenvalue weighted by atomic mass is 10.0. The summed E-state index contributed by atoms with van der Waals surface area (Å²) in [5, 5.41) is 2.09. The van der Waals surface area contributed by atoms with Gasteiger partial charge in [-0.2, -0.15) is 0 Å². The van der Waals surface area contributed by atoms with Gasteiger partial charge in [-0.15, -0.1) is 0 Å². The van der Waals surface area contributed by atoms with Gasteiger partial charge in [-0.25, -0.2) is 0 Å². The van der Waals surface area contributed by atoms with Gasteiger partial charge in [0.25, 0.3) is 0 Å². The van der Waals surface area contributed by atoms with Crippen molar-refractivity contribution in [1.82, 2.24) is 0 Å². The van der Waals surface area contributed by atoms with Crippen LogP contribution in [0.1, 0.15) is 56.3 Å². The highest BCUT2D eigenvalue weighted by Crippen LogP contribution is 2.23. The number of benzene rings is 2. The van der Waals surface area contributed by atoms with Crippen LogP contribution >= 0.6 is 0 Å². The van der Waals surface area contributed by atoms with E-state index in [2.05, 4.69) is 18.6 Å². The van der Waals surface area contributed by atoms with Crippen molar-refractivity contribution in [3.05, 3.63) is 42.0 Å². The molecule has 26 heavy (non-hydrogen) atoms. The van der Waals surface area contributed by atoms with Crippen molar-refractivity contribution in [2.75, 3.05) is 13.7 Å². The van der Waals surface area contributed by atoms with Crippen LogP contribution in [0, 0.1) is 5.92 Å². The monoisotopic (exact) mass is 356 g/mol. The summed E-state index contributed by atoms with van der Waals surface area (Å²) in [5.41, 5.74) is 0.712. The van der Waals surface area contributed by atoms with Crippen molar-refractivity contribution in [3.63, 3.8) is 0 Å². The largest absolute Gasteiger partial charge is 0.494 e. The normalized spacial score (nSPS) is 10.9. The number of fused-ring (bicyclic) bond motifs is 1.